The second kappa shape index (κ2) is 13.6. The molecular weight excluding hydrogens is 497 g/mol. The Morgan fingerprint density at radius 2 is 1.91 bits per heavy atom. The smallest absolute Gasteiger partial charge is 0.214 e. The van der Waals surface area contributed by atoms with E-state index in [2.05, 4.69) is 28.5 Å². The third kappa shape index (κ3) is 7.90. The lowest BCUT2D eigenvalue weighted by Crippen LogP contribution is -2.31. The molecule has 35 heavy (non-hydrogen) atoms. The van der Waals surface area contributed by atoms with Gasteiger partial charge in [0, 0.05) is 39.4 Å². The Bertz CT molecular complexity index is 967. The lowest BCUT2D eigenvalue weighted by atomic mass is 9.93. The van der Waals surface area contributed by atoms with Gasteiger partial charge in [-0.15, -0.1) is 0 Å². The van der Waals surface area contributed by atoms with Crippen molar-refractivity contribution in [3.05, 3.63) is 46.9 Å². The number of halogens is 4. The number of rotatable bonds is 6. The van der Waals surface area contributed by atoms with Gasteiger partial charge in [0.2, 0.25) is 5.95 Å². The lowest BCUT2D eigenvalue weighted by Gasteiger charge is -2.24. The molecule has 5 nitrogen and oxygen atoms in total. The molecule has 1 unspecified atom stereocenters. The summed E-state index contributed by atoms with van der Waals surface area (Å²) in [6, 6.07) is 5.45. The molecule has 0 bridgehead atoms. The van der Waals surface area contributed by atoms with E-state index in [9.17, 15) is 13.2 Å². The number of aliphatic hydroxyl groups is 1. The highest BCUT2D eigenvalue weighted by atomic mass is 35.5. The number of pyridine rings is 1. The fourth-order valence-electron chi connectivity index (χ4n) is 4.40. The van der Waals surface area contributed by atoms with Gasteiger partial charge in [-0.1, -0.05) is 45.4 Å². The summed E-state index contributed by atoms with van der Waals surface area (Å²) in [5.41, 5.74) is 0.741. The summed E-state index contributed by atoms with van der Waals surface area (Å²) in [6.07, 6.45) is 2.17. The minimum atomic E-state index is -0.824. The normalized spacial score (nSPS) is 19.0. The lowest BCUT2D eigenvalue weighted by molar-refractivity contribution is 0.257. The number of hydrogen-bond donors (Lipinski definition) is 2. The molecule has 2 fully saturated rings. The quantitative estimate of drug-likeness (QED) is 0.253. The first kappa shape index (κ1) is 29.5. The topological polar surface area (TPSA) is 51.6 Å². The van der Waals surface area contributed by atoms with Crippen LogP contribution in [-0.4, -0.2) is 54.8 Å². The van der Waals surface area contributed by atoms with Gasteiger partial charge in [0.05, 0.1) is 5.69 Å². The van der Waals surface area contributed by atoms with Gasteiger partial charge < -0.3 is 19.6 Å². The van der Waals surface area contributed by atoms with Gasteiger partial charge in [-0.2, -0.15) is 4.39 Å². The summed E-state index contributed by atoms with van der Waals surface area (Å²) < 4.78 is 45.5. The Hall–Kier alpha value is -1.68. The SMILES string of the molecule is CC.CC1(C)CCN(CC2CCN(c3cc(F)c(SNc4cccc(F)n4)c(F)c3Cl)C2)C1.CO. The molecular formula is C25H36ClF3N4OS. The minimum absolute atomic E-state index is 0.0964. The predicted octanol–water partition coefficient (Wildman–Crippen LogP) is 6.46. The second-order valence-corrected chi connectivity index (χ2v) is 10.3. The van der Waals surface area contributed by atoms with Crippen LogP contribution in [0.25, 0.3) is 0 Å². The summed E-state index contributed by atoms with van der Waals surface area (Å²) in [5, 5.41) is 6.90. The van der Waals surface area contributed by atoms with Gasteiger partial charge in [0.15, 0.2) is 5.82 Å². The van der Waals surface area contributed by atoms with Crippen LogP contribution < -0.4 is 9.62 Å². The molecule has 2 aliphatic heterocycles. The highest BCUT2D eigenvalue weighted by Crippen LogP contribution is 2.39. The van der Waals surface area contributed by atoms with Crippen molar-refractivity contribution in [3.8, 4) is 0 Å². The summed E-state index contributed by atoms with van der Waals surface area (Å²) in [7, 11) is 1.00. The molecule has 2 saturated heterocycles. The second-order valence-electron chi connectivity index (χ2n) is 9.13. The minimum Gasteiger partial charge on any atom is -0.400 e. The molecule has 0 spiro atoms. The maximum absolute atomic E-state index is 14.9. The van der Waals surface area contributed by atoms with Crippen molar-refractivity contribution in [1.82, 2.24) is 9.88 Å². The maximum Gasteiger partial charge on any atom is 0.214 e. The first-order chi connectivity index (χ1) is 16.7. The summed E-state index contributed by atoms with van der Waals surface area (Å²) in [5.74, 6) is -1.60. The van der Waals surface area contributed by atoms with E-state index < -0.39 is 17.6 Å². The standard InChI is InChI=1S/C22H26ClF3N4S.C2H6.CH4O/c1-22(2)7-9-29(13-22)11-14-6-8-30(12-14)16-10-15(24)21(20(26)19(16)23)31-28-18-5-3-4-17(25)27-18;2*1-2/h3-5,10,14H,6-9,11-13H2,1-2H3,(H,27,28);1-2H3;2H,1H3. The summed E-state index contributed by atoms with van der Waals surface area (Å²) >= 11 is 6.99. The molecule has 2 aliphatic rings. The van der Waals surface area contributed by atoms with Gasteiger partial charge in [0.25, 0.3) is 0 Å². The van der Waals surface area contributed by atoms with Gasteiger partial charge in [-0.05, 0) is 54.8 Å². The van der Waals surface area contributed by atoms with Crippen LogP contribution in [0.1, 0.15) is 40.5 Å². The highest BCUT2D eigenvalue weighted by molar-refractivity contribution is 8.00. The zero-order chi connectivity index (χ0) is 26.2. The van der Waals surface area contributed by atoms with Crippen molar-refractivity contribution in [1.29, 1.82) is 0 Å². The van der Waals surface area contributed by atoms with Gasteiger partial charge in [-0.25, -0.2) is 13.8 Å². The predicted molar refractivity (Wildman–Crippen MR) is 140 cm³/mol. The zero-order valence-electron chi connectivity index (χ0n) is 21.0. The highest BCUT2D eigenvalue weighted by Gasteiger charge is 2.33. The molecule has 0 radical (unpaired) electrons. The van der Waals surface area contributed by atoms with Crippen LogP contribution in [-0.2, 0) is 0 Å². The average molecular weight is 533 g/mol. The van der Waals surface area contributed by atoms with Crippen molar-refractivity contribution in [3.63, 3.8) is 0 Å². The van der Waals surface area contributed by atoms with E-state index in [4.69, 9.17) is 16.7 Å². The van der Waals surface area contributed by atoms with Crippen molar-refractivity contribution >= 4 is 35.1 Å². The van der Waals surface area contributed by atoms with Crippen LogP contribution in [0.5, 0.6) is 0 Å². The Balaban J connectivity index is 0.00000103. The van der Waals surface area contributed by atoms with Crippen molar-refractivity contribution < 1.29 is 18.3 Å². The van der Waals surface area contributed by atoms with Crippen LogP contribution in [0.2, 0.25) is 5.02 Å². The molecule has 2 aromatic rings. The van der Waals surface area contributed by atoms with Crippen LogP contribution in [0.3, 0.4) is 0 Å². The number of benzene rings is 1. The Labute approximate surface area is 216 Å². The molecule has 0 amide bonds. The third-order valence-corrected chi connectivity index (χ3v) is 7.22. The fraction of sp³-hybridized carbons (Fsp3) is 0.560. The van der Waals surface area contributed by atoms with Crippen LogP contribution in [0, 0.1) is 28.9 Å². The number of anilines is 2. The first-order valence-electron chi connectivity index (χ1n) is 11.9. The molecule has 0 aliphatic carbocycles. The van der Waals surface area contributed by atoms with E-state index in [-0.39, 0.29) is 15.7 Å². The van der Waals surface area contributed by atoms with Gasteiger partial charge in [-0.3, -0.25) is 0 Å². The van der Waals surface area contributed by atoms with Gasteiger partial charge >= 0.3 is 0 Å². The number of nitrogens with zero attached hydrogens (tertiary/aromatic N) is 3. The Morgan fingerprint density at radius 3 is 2.54 bits per heavy atom. The zero-order valence-corrected chi connectivity index (χ0v) is 22.6. The van der Waals surface area contributed by atoms with E-state index in [1.54, 1.807) is 0 Å². The summed E-state index contributed by atoms with van der Waals surface area (Å²) in [6.45, 7) is 13.2. The largest absolute Gasteiger partial charge is 0.400 e. The number of likely N-dealkylation sites (tertiary alicyclic amines) is 1. The number of hydrogen-bond acceptors (Lipinski definition) is 6. The monoisotopic (exact) mass is 532 g/mol. The Morgan fingerprint density at radius 1 is 1.20 bits per heavy atom. The fourth-order valence-corrected chi connectivity index (χ4v) is 5.40. The van der Waals surface area contributed by atoms with Gasteiger partial charge in [0.1, 0.15) is 21.6 Å². The van der Waals surface area contributed by atoms with Crippen molar-refractivity contribution in [2.75, 3.05) is 49.5 Å². The molecule has 4 rings (SSSR count). The van der Waals surface area contributed by atoms with Crippen LogP contribution >= 0.6 is 23.5 Å². The van der Waals surface area contributed by atoms with E-state index in [1.807, 2.05) is 18.7 Å². The number of aliphatic hydroxyl groups excluding tert-OH is 1. The van der Waals surface area contributed by atoms with E-state index in [1.165, 1.54) is 30.7 Å². The molecule has 10 heteroatoms. The van der Waals surface area contributed by atoms with E-state index in [0.29, 0.717) is 29.0 Å². The third-order valence-electron chi connectivity index (χ3n) is 5.97. The van der Waals surface area contributed by atoms with Crippen LogP contribution in [0.4, 0.5) is 24.7 Å². The Kier molecular flexibility index (Phi) is 11.5. The van der Waals surface area contributed by atoms with Crippen molar-refractivity contribution in [2.45, 2.75) is 45.4 Å². The van der Waals surface area contributed by atoms with E-state index in [0.717, 1.165) is 46.3 Å². The first-order valence-corrected chi connectivity index (χ1v) is 13.1. The molecule has 196 valence electrons. The maximum atomic E-state index is 14.9. The number of nitrogens with one attached hydrogen (secondary N) is 1. The molecule has 2 N–H and O–H groups in total. The molecule has 0 saturated carbocycles. The van der Waals surface area contributed by atoms with Crippen molar-refractivity contribution in [2.24, 2.45) is 11.3 Å². The molecule has 1 aromatic carbocycles. The average Bonchev–Trinajstić information content (AvgIpc) is 3.44. The molecule has 1 atom stereocenters. The summed E-state index contributed by atoms with van der Waals surface area (Å²) in [4.78, 5) is 7.81. The molecule has 1 aromatic heterocycles. The van der Waals surface area contributed by atoms with E-state index >= 15 is 0 Å². The molecule has 3 heterocycles. The number of aromatic nitrogens is 1. The van der Waals surface area contributed by atoms with Crippen LogP contribution in [0.15, 0.2) is 29.2 Å².